The highest BCUT2D eigenvalue weighted by atomic mass is 16.6. The first kappa shape index (κ1) is 17.5. The van der Waals surface area contributed by atoms with Crippen LogP contribution in [0.5, 0.6) is 0 Å². The summed E-state index contributed by atoms with van der Waals surface area (Å²) in [6.07, 6.45) is 5.93. The Morgan fingerprint density at radius 3 is 2.55 bits per heavy atom. The Morgan fingerprint density at radius 1 is 1.23 bits per heavy atom. The monoisotopic (exact) mass is 312 g/mol. The highest BCUT2D eigenvalue weighted by molar-refractivity contribution is 5.68. The van der Waals surface area contributed by atoms with Gasteiger partial charge in [-0.2, -0.15) is 0 Å². The van der Waals surface area contributed by atoms with E-state index in [0.29, 0.717) is 12.0 Å². The van der Waals surface area contributed by atoms with Crippen LogP contribution in [0.3, 0.4) is 0 Å². The molecule has 0 spiro atoms. The van der Waals surface area contributed by atoms with E-state index < -0.39 is 5.60 Å². The SMILES string of the molecule is CC(C)(C)OC(=O)N1CCC(CCNC2CCC(O)CC2)C1. The molecular formula is C17H32N2O3. The number of ether oxygens (including phenoxy) is 1. The lowest BCUT2D eigenvalue weighted by Crippen LogP contribution is -2.36. The van der Waals surface area contributed by atoms with Crippen LogP contribution in [0.4, 0.5) is 4.79 Å². The summed E-state index contributed by atoms with van der Waals surface area (Å²) in [6, 6.07) is 0.562. The average molecular weight is 312 g/mol. The van der Waals surface area contributed by atoms with Crippen molar-refractivity contribution in [1.82, 2.24) is 10.2 Å². The molecule has 0 aromatic rings. The Balaban J connectivity index is 1.61. The van der Waals surface area contributed by atoms with Crippen LogP contribution >= 0.6 is 0 Å². The molecule has 0 aromatic carbocycles. The van der Waals surface area contributed by atoms with Crippen LogP contribution in [0.25, 0.3) is 0 Å². The number of amides is 1. The highest BCUT2D eigenvalue weighted by Crippen LogP contribution is 2.22. The number of hydrogen-bond donors (Lipinski definition) is 2. The quantitative estimate of drug-likeness (QED) is 0.837. The van der Waals surface area contributed by atoms with Gasteiger partial charge in [0.2, 0.25) is 0 Å². The first-order chi connectivity index (χ1) is 10.3. The highest BCUT2D eigenvalue weighted by Gasteiger charge is 2.29. The number of hydrogen-bond acceptors (Lipinski definition) is 4. The third-order valence-corrected chi connectivity index (χ3v) is 4.62. The zero-order valence-corrected chi connectivity index (χ0v) is 14.3. The van der Waals surface area contributed by atoms with E-state index in [0.717, 1.165) is 58.2 Å². The van der Waals surface area contributed by atoms with E-state index in [-0.39, 0.29) is 12.2 Å². The summed E-state index contributed by atoms with van der Waals surface area (Å²) in [5, 5.41) is 13.1. The Bertz CT molecular complexity index is 359. The molecule has 1 aliphatic heterocycles. The summed E-state index contributed by atoms with van der Waals surface area (Å²) in [4.78, 5) is 13.9. The molecule has 1 aliphatic carbocycles. The van der Waals surface area contributed by atoms with Crippen LogP contribution in [0.1, 0.15) is 59.3 Å². The molecule has 0 radical (unpaired) electrons. The van der Waals surface area contributed by atoms with Gasteiger partial charge in [-0.3, -0.25) is 0 Å². The summed E-state index contributed by atoms with van der Waals surface area (Å²) < 4.78 is 5.43. The molecule has 1 amide bonds. The van der Waals surface area contributed by atoms with Gasteiger partial charge >= 0.3 is 6.09 Å². The zero-order valence-electron chi connectivity index (χ0n) is 14.3. The molecule has 1 saturated heterocycles. The molecular weight excluding hydrogens is 280 g/mol. The van der Waals surface area contributed by atoms with Gasteiger partial charge in [0.05, 0.1) is 6.10 Å². The molecule has 2 rings (SSSR count). The van der Waals surface area contributed by atoms with Gasteiger partial charge in [0.1, 0.15) is 5.60 Å². The van der Waals surface area contributed by atoms with Gasteiger partial charge < -0.3 is 20.1 Å². The van der Waals surface area contributed by atoms with Crippen molar-refractivity contribution in [1.29, 1.82) is 0 Å². The number of likely N-dealkylation sites (tertiary alicyclic amines) is 1. The minimum atomic E-state index is -0.414. The van der Waals surface area contributed by atoms with Gasteiger partial charge in [0.15, 0.2) is 0 Å². The average Bonchev–Trinajstić information content (AvgIpc) is 2.88. The summed E-state index contributed by atoms with van der Waals surface area (Å²) in [6.45, 7) is 8.36. The Kier molecular flexibility index (Phi) is 6.09. The Morgan fingerprint density at radius 2 is 1.91 bits per heavy atom. The molecule has 2 N–H and O–H groups in total. The molecule has 1 unspecified atom stereocenters. The third kappa shape index (κ3) is 5.76. The number of carbonyl (C=O) groups excluding carboxylic acids is 1. The van der Waals surface area contributed by atoms with E-state index in [4.69, 9.17) is 4.74 Å². The summed E-state index contributed by atoms with van der Waals surface area (Å²) in [7, 11) is 0. The predicted molar refractivity (Wildman–Crippen MR) is 86.8 cm³/mol. The van der Waals surface area contributed by atoms with Crippen LogP contribution < -0.4 is 5.32 Å². The molecule has 22 heavy (non-hydrogen) atoms. The number of aliphatic hydroxyl groups excluding tert-OH is 1. The minimum absolute atomic E-state index is 0.0877. The van der Waals surface area contributed by atoms with Crippen molar-refractivity contribution in [2.24, 2.45) is 5.92 Å². The van der Waals surface area contributed by atoms with Crippen molar-refractivity contribution in [3.63, 3.8) is 0 Å². The predicted octanol–water partition coefficient (Wildman–Crippen LogP) is 2.53. The lowest BCUT2D eigenvalue weighted by atomic mass is 9.93. The summed E-state index contributed by atoms with van der Waals surface area (Å²) in [5.74, 6) is 0.578. The van der Waals surface area contributed by atoms with E-state index in [1.54, 1.807) is 0 Å². The van der Waals surface area contributed by atoms with Crippen LogP contribution in [0.2, 0.25) is 0 Å². The summed E-state index contributed by atoms with van der Waals surface area (Å²) in [5.41, 5.74) is -0.414. The molecule has 128 valence electrons. The van der Waals surface area contributed by atoms with E-state index in [9.17, 15) is 9.90 Å². The topological polar surface area (TPSA) is 61.8 Å². The first-order valence-electron chi connectivity index (χ1n) is 8.73. The van der Waals surface area contributed by atoms with Crippen molar-refractivity contribution in [3.8, 4) is 0 Å². The number of rotatable bonds is 4. The van der Waals surface area contributed by atoms with Crippen molar-refractivity contribution >= 4 is 6.09 Å². The lowest BCUT2D eigenvalue weighted by Gasteiger charge is -2.27. The first-order valence-corrected chi connectivity index (χ1v) is 8.73. The molecule has 1 heterocycles. The second kappa shape index (κ2) is 7.64. The lowest BCUT2D eigenvalue weighted by molar-refractivity contribution is 0.0287. The zero-order chi connectivity index (χ0) is 16.2. The normalized spacial score (nSPS) is 29.6. The van der Waals surface area contributed by atoms with Crippen molar-refractivity contribution in [3.05, 3.63) is 0 Å². The summed E-state index contributed by atoms with van der Waals surface area (Å²) >= 11 is 0. The Hall–Kier alpha value is -0.810. The third-order valence-electron chi connectivity index (χ3n) is 4.62. The molecule has 2 aliphatic rings. The number of aliphatic hydroxyl groups is 1. The van der Waals surface area contributed by atoms with E-state index in [1.165, 1.54) is 0 Å². The molecule has 5 nitrogen and oxygen atoms in total. The van der Waals surface area contributed by atoms with E-state index in [2.05, 4.69) is 5.32 Å². The van der Waals surface area contributed by atoms with Crippen LogP contribution in [-0.2, 0) is 4.74 Å². The van der Waals surface area contributed by atoms with Gasteiger partial charge in [-0.25, -0.2) is 4.79 Å². The van der Waals surface area contributed by atoms with Crippen LogP contribution in [0.15, 0.2) is 0 Å². The fraction of sp³-hybridized carbons (Fsp3) is 0.941. The maximum absolute atomic E-state index is 12.0. The molecule has 0 aromatic heterocycles. The van der Waals surface area contributed by atoms with Crippen LogP contribution in [-0.4, -0.2) is 53.5 Å². The van der Waals surface area contributed by atoms with Gasteiger partial charge in [0, 0.05) is 19.1 Å². The molecule has 1 saturated carbocycles. The molecule has 0 bridgehead atoms. The second-order valence-electron chi connectivity index (χ2n) is 7.83. The van der Waals surface area contributed by atoms with Gasteiger partial charge in [-0.05, 0) is 71.8 Å². The van der Waals surface area contributed by atoms with Gasteiger partial charge in [-0.15, -0.1) is 0 Å². The van der Waals surface area contributed by atoms with Crippen molar-refractivity contribution in [2.75, 3.05) is 19.6 Å². The van der Waals surface area contributed by atoms with Gasteiger partial charge in [0.25, 0.3) is 0 Å². The minimum Gasteiger partial charge on any atom is -0.444 e. The van der Waals surface area contributed by atoms with Crippen molar-refractivity contribution < 1.29 is 14.6 Å². The standard InChI is InChI=1S/C17H32N2O3/c1-17(2,3)22-16(21)19-11-9-13(12-19)8-10-18-14-4-6-15(20)7-5-14/h13-15,18,20H,4-12H2,1-3H3. The van der Waals surface area contributed by atoms with Crippen molar-refractivity contribution in [2.45, 2.75) is 77.0 Å². The second-order valence-corrected chi connectivity index (χ2v) is 7.83. The van der Waals surface area contributed by atoms with Gasteiger partial charge in [-0.1, -0.05) is 0 Å². The van der Waals surface area contributed by atoms with E-state index in [1.807, 2.05) is 25.7 Å². The fourth-order valence-electron chi connectivity index (χ4n) is 3.33. The molecule has 1 atom stereocenters. The number of nitrogens with one attached hydrogen (secondary N) is 1. The Labute approximate surface area is 134 Å². The fourth-order valence-corrected chi connectivity index (χ4v) is 3.33. The largest absolute Gasteiger partial charge is 0.444 e. The van der Waals surface area contributed by atoms with E-state index >= 15 is 0 Å². The molecule has 2 fully saturated rings. The maximum atomic E-state index is 12.0. The smallest absolute Gasteiger partial charge is 0.410 e. The number of carbonyl (C=O) groups is 1. The van der Waals surface area contributed by atoms with Crippen LogP contribution in [0, 0.1) is 5.92 Å². The molecule has 5 heteroatoms. The maximum Gasteiger partial charge on any atom is 0.410 e. The number of nitrogens with zero attached hydrogens (tertiary/aromatic N) is 1.